The van der Waals surface area contributed by atoms with E-state index in [1.54, 1.807) is 0 Å². The maximum absolute atomic E-state index is 4.46. The molecule has 13 heavy (non-hydrogen) atoms. The molecule has 1 saturated carbocycles. The van der Waals surface area contributed by atoms with Crippen LogP contribution in [0.1, 0.15) is 36.8 Å². The highest BCUT2D eigenvalue weighted by Crippen LogP contribution is 2.33. The van der Waals surface area contributed by atoms with E-state index in [-0.39, 0.29) is 0 Å². The summed E-state index contributed by atoms with van der Waals surface area (Å²) < 4.78 is 0. The molecule has 72 valence electrons. The molecular weight excluding hydrogens is 164 g/mol. The number of rotatable bonds is 4. The summed E-state index contributed by atoms with van der Waals surface area (Å²) in [6, 6.07) is 0. The second kappa shape index (κ2) is 3.87. The minimum atomic E-state index is 0.639. The average molecular weight is 180 g/mol. The average Bonchev–Trinajstić information content (AvgIpc) is 2.46. The molecule has 0 unspecified atom stereocenters. The predicted octanol–water partition coefficient (Wildman–Crippen LogP) is 0.834. The van der Waals surface area contributed by atoms with E-state index in [1.165, 1.54) is 19.3 Å². The molecule has 2 N–H and O–H groups in total. The number of H-pyrrole nitrogens is 1. The Morgan fingerprint density at radius 2 is 2.38 bits per heavy atom. The van der Waals surface area contributed by atoms with Crippen molar-refractivity contribution in [3.8, 4) is 0 Å². The van der Waals surface area contributed by atoms with Crippen molar-refractivity contribution in [2.24, 2.45) is 0 Å². The summed E-state index contributed by atoms with van der Waals surface area (Å²) in [4.78, 5) is 4.46. The third-order valence-electron chi connectivity index (χ3n) is 2.63. The normalized spacial score (nSPS) is 17.3. The molecule has 0 aliphatic heterocycles. The summed E-state index contributed by atoms with van der Waals surface area (Å²) in [6.07, 6.45) is 4.81. The van der Waals surface area contributed by atoms with Crippen LogP contribution < -0.4 is 5.32 Å². The van der Waals surface area contributed by atoms with Gasteiger partial charge in [0.15, 0.2) is 5.82 Å². The Labute approximate surface area is 78.1 Å². The standard InChI is InChI=1S/C9H16N4/c1-10-6-5-8-11-9(13-12-8)7-3-2-4-7/h7,10H,2-6H2,1H3,(H,11,12,13). The van der Waals surface area contributed by atoms with Crippen LogP contribution in [0.5, 0.6) is 0 Å². The minimum Gasteiger partial charge on any atom is -0.319 e. The molecule has 0 spiro atoms. The summed E-state index contributed by atoms with van der Waals surface area (Å²) in [5, 5.41) is 10.3. The highest BCUT2D eigenvalue weighted by Gasteiger charge is 2.23. The molecule has 1 heterocycles. The first-order chi connectivity index (χ1) is 6.40. The molecule has 4 heteroatoms. The van der Waals surface area contributed by atoms with E-state index in [4.69, 9.17) is 0 Å². The van der Waals surface area contributed by atoms with Gasteiger partial charge in [-0.3, -0.25) is 5.10 Å². The lowest BCUT2D eigenvalue weighted by atomic mass is 9.85. The van der Waals surface area contributed by atoms with E-state index in [1.807, 2.05) is 7.05 Å². The van der Waals surface area contributed by atoms with Gasteiger partial charge in [0.2, 0.25) is 0 Å². The Morgan fingerprint density at radius 1 is 1.54 bits per heavy atom. The Kier molecular flexibility index (Phi) is 2.59. The first kappa shape index (κ1) is 8.69. The molecule has 1 aromatic rings. The second-order valence-corrected chi connectivity index (χ2v) is 3.62. The smallest absolute Gasteiger partial charge is 0.153 e. The van der Waals surface area contributed by atoms with Crippen LogP contribution in [0, 0.1) is 0 Å². The first-order valence-electron chi connectivity index (χ1n) is 4.96. The van der Waals surface area contributed by atoms with E-state index >= 15 is 0 Å². The van der Waals surface area contributed by atoms with Crippen LogP contribution in [0.4, 0.5) is 0 Å². The molecule has 1 aliphatic carbocycles. The van der Waals surface area contributed by atoms with Gasteiger partial charge in [0.1, 0.15) is 5.82 Å². The molecule has 0 atom stereocenters. The molecule has 1 aromatic heterocycles. The molecule has 1 fully saturated rings. The number of hydrogen-bond acceptors (Lipinski definition) is 3. The van der Waals surface area contributed by atoms with Crippen LogP contribution in [0.2, 0.25) is 0 Å². The van der Waals surface area contributed by atoms with E-state index in [9.17, 15) is 0 Å². The van der Waals surface area contributed by atoms with Crippen molar-refractivity contribution in [2.75, 3.05) is 13.6 Å². The largest absolute Gasteiger partial charge is 0.319 e. The van der Waals surface area contributed by atoms with Gasteiger partial charge in [0.05, 0.1) is 0 Å². The molecule has 4 nitrogen and oxygen atoms in total. The van der Waals surface area contributed by atoms with E-state index in [0.29, 0.717) is 5.92 Å². The highest BCUT2D eigenvalue weighted by molar-refractivity contribution is 5.01. The number of likely N-dealkylation sites (N-methyl/N-ethyl adjacent to an activating group) is 1. The van der Waals surface area contributed by atoms with Crippen LogP contribution in [-0.4, -0.2) is 28.8 Å². The Hall–Kier alpha value is -0.900. The van der Waals surface area contributed by atoms with Crippen LogP contribution >= 0.6 is 0 Å². The first-order valence-corrected chi connectivity index (χ1v) is 4.96. The maximum atomic E-state index is 4.46. The molecular formula is C9H16N4. The van der Waals surface area contributed by atoms with Gasteiger partial charge in [-0.2, -0.15) is 5.10 Å². The summed E-state index contributed by atoms with van der Waals surface area (Å²) >= 11 is 0. The van der Waals surface area contributed by atoms with Crippen molar-refractivity contribution in [2.45, 2.75) is 31.6 Å². The predicted molar refractivity (Wildman–Crippen MR) is 50.6 cm³/mol. The molecule has 0 amide bonds. The van der Waals surface area contributed by atoms with Crippen molar-refractivity contribution in [3.63, 3.8) is 0 Å². The Balaban J connectivity index is 1.92. The third-order valence-corrected chi connectivity index (χ3v) is 2.63. The summed E-state index contributed by atoms with van der Waals surface area (Å²) in [7, 11) is 1.95. The zero-order valence-corrected chi connectivity index (χ0v) is 8.01. The van der Waals surface area contributed by atoms with Gasteiger partial charge >= 0.3 is 0 Å². The van der Waals surface area contributed by atoms with Gasteiger partial charge < -0.3 is 5.32 Å². The molecule has 1 aliphatic rings. The summed E-state index contributed by atoms with van der Waals surface area (Å²) in [5.74, 6) is 2.67. The molecule has 0 bridgehead atoms. The SMILES string of the molecule is CNCCc1nc(C2CCC2)n[nH]1. The minimum absolute atomic E-state index is 0.639. The fraction of sp³-hybridized carbons (Fsp3) is 0.778. The van der Waals surface area contributed by atoms with Crippen LogP contribution in [0.3, 0.4) is 0 Å². The van der Waals surface area contributed by atoms with Gasteiger partial charge in [-0.05, 0) is 19.9 Å². The maximum Gasteiger partial charge on any atom is 0.153 e. The van der Waals surface area contributed by atoms with Crippen molar-refractivity contribution in [1.29, 1.82) is 0 Å². The third kappa shape index (κ3) is 1.88. The molecule has 0 radical (unpaired) electrons. The fourth-order valence-corrected chi connectivity index (χ4v) is 1.51. The van der Waals surface area contributed by atoms with E-state index < -0.39 is 0 Å². The van der Waals surface area contributed by atoms with Crippen LogP contribution in [-0.2, 0) is 6.42 Å². The zero-order valence-electron chi connectivity index (χ0n) is 8.01. The summed E-state index contributed by atoms with van der Waals surface area (Å²) in [5.41, 5.74) is 0. The molecule has 2 rings (SSSR count). The van der Waals surface area contributed by atoms with E-state index in [2.05, 4.69) is 20.5 Å². The van der Waals surface area contributed by atoms with Gasteiger partial charge in [-0.15, -0.1) is 0 Å². The van der Waals surface area contributed by atoms with Crippen molar-refractivity contribution in [3.05, 3.63) is 11.6 Å². The van der Waals surface area contributed by atoms with E-state index in [0.717, 1.165) is 24.6 Å². The lowest BCUT2D eigenvalue weighted by molar-refractivity contribution is 0.402. The molecule has 0 saturated heterocycles. The number of aromatic amines is 1. The number of nitrogens with zero attached hydrogens (tertiary/aromatic N) is 2. The van der Waals surface area contributed by atoms with Gasteiger partial charge in [-0.1, -0.05) is 6.42 Å². The monoisotopic (exact) mass is 180 g/mol. The number of aromatic nitrogens is 3. The van der Waals surface area contributed by atoms with Gasteiger partial charge in [-0.25, -0.2) is 4.98 Å². The van der Waals surface area contributed by atoms with Crippen molar-refractivity contribution < 1.29 is 0 Å². The van der Waals surface area contributed by atoms with Crippen LogP contribution in [0.25, 0.3) is 0 Å². The molecule has 0 aromatic carbocycles. The fourth-order valence-electron chi connectivity index (χ4n) is 1.51. The number of hydrogen-bond donors (Lipinski definition) is 2. The second-order valence-electron chi connectivity index (χ2n) is 3.62. The highest BCUT2D eigenvalue weighted by atomic mass is 15.2. The quantitative estimate of drug-likeness (QED) is 0.721. The van der Waals surface area contributed by atoms with Gasteiger partial charge in [0.25, 0.3) is 0 Å². The Bertz CT molecular complexity index is 264. The lowest BCUT2D eigenvalue weighted by Gasteiger charge is -2.21. The summed E-state index contributed by atoms with van der Waals surface area (Å²) in [6.45, 7) is 0.958. The lowest BCUT2D eigenvalue weighted by Crippen LogP contribution is -2.12. The van der Waals surface area contributed by atoms with Gasteiger partial charge in [0, 0.05) is 18.9 Å². The topological polar surface area (TPSA) is 53.6 Å². The number of nitrogens with one attached hydrogen (secondary N) is 2. The van der Waals surface area contributed by atoms with Crippen molar-refractivity contribution in [1.82, 2.24) is 20.5 Å². The zero-order chi connectivity index (χ0) is 9.10. The van der Waals surface area contributed by atoms with Crippen LogP contribution in [0.15, 0.2) is 0 Å². The van der Waals surface area contributed by atoms with Crippen molar-refractivity contribution >= 4 is 0 Å². The Morgan fingerprint density at radius 3 is 3.00 bits per heavy atom.